The van der Waals surface area contributed by atoms with Crippen LogP contribution in [0.3, 0.4) is 0 Å². The van der Waals surface area contributed by atoms with Crippen LogP contribution in [0.15, 0.2) is 12.1 Å². The predicted molar refractivity (Wildman–Crippen MR) is 70.6 cm³/mol. The topological polar surface area (TPSA) is 29.1 Å². The maximum Gasteiger partial charge on any atom is 0.261 e. The summed E-state index contributed by atoms with van der Waals surface area (Å²) in [6.07, 6.45) is 1.75. The van der Waals surface area contributed by atoms with Crippen LogP contribution in [0.5, 0.6) is 0 Å². The molecule has 0 spiro atoms. The smallest absolute Gasteiger partial charge is 0.261 e. The van der Waals surface area contributed by atoms with Crippen molar-refractivity contribution in [3.63, 3.8) is 0 Å². The van der Waals surface area contributed by atoms with Crippen molar-refractivity contribution in [3.8, 4) is 0 Å². The second-order valence-electron chi connectivity index (χ2n) is 4.40. The predicted octanol–water partition coefficient (Wildman–Crippen LogP) is 3.45. The number of carbonyl (C=O) groups is 1. The Bertz CT molecular complexity index is 360. The molecule has 1 aromatic rings. The van der Waals surface area contributed by atoms with E-state index >= 15 is 0 Å². The van der Waals surface area contributed by atoms with Crippen molar-refractivity contribution in [1.29, 1.82) is 0 Å². The van der Waals surface area contributed by atoms with Gasteiger partial charge in [-0.05, 0) is 38.8 Å². The summed E-state index contributed by atoms with van der Waals surface area (Å²) in [4.78, 5) is 13.9. The minimum Gasteiger partial charge on any atom is -0.346 e. The van der Waals surface area contributed by atoms with E-state index in [1.165, 1.54) is 4.88 Å². The van der Waals surface area contributed by atoms with Crippen molar-refractivity contribution < 1.29 is 4.79 Å². The standard InChI is InChI=1S/C12H18ClNOS/c1-4-9-5-6-10(16-9)11(15)14-12(2,3)7-8-13/h5-6H,4,7-8H2,1-3H3,(H,14,15). The van der Waals surface area contributed by atoms with Gasteiger partial charge in [-0.25, -0.2) is 0 Å². The van der Waals surface area contributed by atoms with Crippen LogP contribution in [0.4, 0.5) is 0 Å². The second-order valence-corrected chi connectivity index (χ2v) is 5.94. The minimum atomic E-state index is -0.241. The summed E-state index contributed by atoms with van der Waals surface area (Å²) in [6, 6.07) is 3.89. The Hall–Kier alpha value is -0.540. The van der Waals surface area contributed by atoms with Gasteiger partial charge >= 0.3 is 0 Å². The van der Waals surface area contributed by atoms with Crippen LogP contribution < -0.4 is 5.32 Å². The zero-order valence-corrected chi connectivity index (χ0v) is 11.5. The molecule has 0 aliphatic heterocycles. The Balaban J connectivity index is 2.65. The average molecular weight is 260 g/mol. The Labute approximate surface area is 106 Å². The van der Waals surface area contributed by atoms with E-state index in [4.69, 9.17) is 11.6 Å². The lowest BCUT2D eigenvalue weighted by atomic mass is 10.0. The first-order chi connectivity index (χ1) is 7.48. The van der Waals surface area contributed by atoms with Crippen molar-refractivity contribution in [2.45, 2.75) is 39.2 Å². The van der Waals surface area contributed by atoms with Crippen LogP contribution in [0.1, 0.15) is 41.7 Å². The molecule has 4 heteroatoms. The van der Waals surface area contributed by atoms with Gasteiger partial charge in [-0.1, -0.05) is 6.92 Å². The van der Waals surface area contributed by atoms with Crippen LogP contribution in [-0.4, -0.2) is 17.3 Å². The molecule has 0 radical (unpaired) electrons. The summed E-state index contributed by atoms with van der Waals surface area (Å²) < 4.78 is 0. The summed E-state index contributed by atoms with van der Waals surface area (Å²) in [5.41, 5.74) is -0.241. The number of aryl methyl sites for hydroxylation is 1. The van der Waals surface area contributed by atoms with Crippen molar-refractivity contribution in [2.24, 2.45) is 0 Å². The maximum atomic E-state index is 11.9. The molecule has 0 fully saturated rings. The molecule has 1 amide bonds. The molecule has 16 heavy (non-hydrogen) atoms. The molecule has 1 rings (SSSR count). The molecule has 2 nitrogen and oxygen atoms in total. The summed E-state index contributed by atoms with van der Waals surface area (Å²) in [5, 5.41) is 3.00. The van der Waals surface area contributed by atoms with Gasteiger partial charge in [0, 0.05) is 16.3 Å². The number of hydrogen-bond acceptors (Lipinski definition) is 2. The second kappa shape index (κ2) is 5.69. The van der Waals surface area contributed by atoms with Crippen LogP contribution in [0.25, 0.3) is 0 Å². The number of nitrogens with one attached hydrogen (secondary N) is 1. The minimum absolute atomic E-state index is 0.000170. The largest absolute Gasteiger partial charge is 0.346 e. The van der Waals surface area contributed by atoms with E-state index in [0.717, 1.165) is 17.7 Å². The molecule has 0 aromatic carbocycles. The average Bonchev–Trinajstić information content (AvgIpc) is 2.64. The Morgan fingerprint density at radius 2 is 2.19 bits per heavy atom. The van der Waals surface area contributed by atoms with Gasteiger partial charge in [0.25, 0.3) is 5.91 Å². The van der Waals surface area contributed by atoms with E-state index in [1.54, 1.807) is 11.3 Å². The van der Waals surface area contributed by atoms with Crippen molar-refractivity contribution in [3.05, 3.63) is 21.9 Å². The third-order valence-corrected chi connectivity index (χ3v) is 3.82. The molecule has 0 atom stereocenters. The number of rotatable bonds is 5. The fourth-order valence-corrected chi connectivity index (χ4v) is 2.67. The Morgan fingerprint density at radius 1 is 1.50 bits per heavy atom. The van der Waals surface area contributed by atoms with Gasteiger partial charge in [0.15, 0.2) is 0 Å². The number of thiophene rings is 1. The van der Waals surface area contributed by atoms with Crippen LogP contribution in [-0.2, 0) is 6.42 Å². The zero-order chi connectivity index (χ0) is 12.2. The molecule has 90 valence electrons. The van der Waals surface area contributed by atoms with Gasteiger partial charge in [-0.15, -0.1) is 22.9 Å². The fourth-order valence-electron chi connectivity index (χ4n) is 1.36. The highest BCUT2D eigenvalue weighted by Gasteiger charge is 2.21. The Morgan fingerprint density at radius 3 is 2.69 bits per heavy atom. The lowest BCUT2D eigenvalue weighted by Gasteiger charge is -2.24. The van der Waals surface area contributed by atoms with E-state index in [-0.39, 0.29) is 11.4 Å². The third-order valence-electron chi connectivity index (χ3n) is 2.41. The number of amides is 1. The first kappa shape index (κ1) is 13.5. The lowest BCUT2D eigenvalue weighted by molar-refractivity contribution is 0.0916. The molecule has 0 aliphatic rings. The van der Waals surface area contributed by atoms with Crippen molar-refractivity contribution >= 4 is 28.8 Å². The normalized spacial score (nSPS) is 11.5. The molecule has 0 unspecified atom stereocenters. The van der Waals surface area contributed by atoms with Crippen molar-refractivity contribution in [1.82, 2.24) is 5.32 Å². The summed E-state index contributed by atoms with van der Waals surface area (Å²) >= 11 is 7.25. The molecule has 0 bridgehead atoms. The molecular weight excluding hydrogens is 242 g/mol. The van der Waals surface area contributed by atoms with Crippen LogP contribution in [0.2, 0.25) is 0 Å². The summed E-state index contributed by atoms with van der Waals surface area (Å²) in [7, 11) is 0. The quantitative estimate of drug-likeness (QED) is 0.807. The van der Waals surface area contributed by atoms with Gasteiger partial charge in [-0.3, -0.25) is 4.79 Å². The highest BCUT2D eigenvalue weighted by Crippen LogP contribution is 2.18. The molecular formula is C12H18ClNOS. The molecule has 1 aromatic heterocycles. The SMILES string of the molecule is CCc1ccc(C(=O)NC(C)(C)CCCl)s1. The summed E-state index contributed by atoms with van der Waals surface area (Å²) in [6.45, 7) is 6.06. The van der Waals surface area contributed by atoms with Crippen LogP contribution in [0, 0.1) is 0 Å². The van der Waals surface area contributed by atoms with Gasteiger partial charge in [-0.2, -0.15) is 0 Å². The first-order valence-corrected chi connectivity index (χ1v) is 6.81. The van der Waals surface area contributed by atoms with Crippen LogP contribution >= 0.6 is 22.9 Å². The van der Waals surface area contributed by atoms with Gasteiger partial charge in [0.05, 0.1) is 4.88 Å². The first-order valence-electron chi connectivity index (χ1n) is 5.45. The molecule has 0 saturated carbocycles. The zero-order valence-electron chi connectivity index (χ0n) is 9.97. The number of hydrogen-bond donors (Lipinski definition) is 1. The van der Waals surface area contributed by atoms with Gasteiger partial charge < -0.3 is 5.32 Å². The van der Waals surface area contributed by atoms with Gasteiger partial charge in [0.1, 0.15) is 0 Å². The number of alkyl halides is 1. The van der Waals surface area contributed by atoms with E-state index in [9.17, 15) is 4.79 Å². The highest BCUT2D eigenvalue weighted by molar-refractivity contribution is 7.14. The molecule has 0 aliphatic carbocycles. The fraction of sp³-hybridized carbons (Fsp3) is 0.583. The van der Waals surface area contributed by atoms with E-state index < -0.39 is 0 Å². The number of halogens is 1. The van der Waals surface area contributed by atoms with Crippen molar-refractivity contribution in [2.75, 3.05) is 5.88 Å². The third kappa shape index (κ3) is 3.80. The van der Waals surface area contributed by atoms with Gasteiger partial charge in [0.2, 0.25) is 0 Å². The number of carbonyl (C=O) groups excluding carboxylic acids is 1. The van der Waals surface area contributed by atoms with E-state index in [1.807, 2.05) is 26.0 Å². The summed E-state index contributed by atoms with van der Waals surface area (Å²) in [5.74, 6) is 0.553. The van der Waals surface area contributed by atoms with E-state index in [2.05, 4.69) is 12.2 Å². The monoisotopic (exact) mass is 259 g/mol. The van der Waals surface area contributed by atoms with E-state index in [0.29, 0.717) is 5.88 Å². The maximum absolute atomic E-state index is 11.9. The lowest BCUT2D eigenvalue weighted by Crippen LogP contribution is -2.43. The molecule has 1 heterocycles. The Kier molecular flexibility index (Phi) is 4.81. The molecule has 1 N–H and O–H groups in total. The molecule has 0 saturated heterocycles. The highest BCUT2D eigenvalue weighted by atomic mass is 35.5.